The summed E-state index contributed by atoms with van der Waals surface area (Å²) in [7, 11) is -2.89. The van der Waals surface area contributed by atoms with Crippen molar-refractivity contribution in [2.45, 2.75) is 0 Å². The molecule has 1 aliphatic heterocycles. The Morgan fingerprint density at radius 3 is 1.64 bits per heavy atom. The van der Waals surface area contributed by atoms with Crippen LogP contribution in [0.5, 0.6) is 11.5 Å². The van der Waals surface area contributed by atoms with E-state index in [0.29, 0.717) is 0 Å². The Morgan fingerprint density at radius 1 is 0.345 bits per heavy atom. The summed E-state index contributed by atoms with van der Waals surface area (Å²) in [6.45, 7) is 0. The Labute approximate surface area is 337 Å². The lowest BCUT2D eigenvalue weighted by atomic mass is 10.1. The molecule has 11 aromatic rings. The summed E-state index contributed by atoms with van der Waals surface area (Å²) in [5.74, 6) is 1.87. The predicted molar refractivity (Wildman–Crippen MR) is 244 cm³/mol. The highest BCUT2D eigenvalue weighted by Crippen LogP contribution is 2.40. The molecule has 0 spiro atoms. The predicted octanol–water partition coefficient (Wildman–Crippen LogP) is 11.0. The third-order valence-electron chi connectivity index (χ3n) is 12.2. The van der Waals surface area contributed by atoms with Gasteiger partial charge in [0, 0.05) is 27.2 Å². The summed E-state index contributed by atoms with van der Waals surface area (Å²) >= 11 is 0. The summed E-state index contributed by atoms with van der Waals surface area (Å²) in [6.07, 6.45) is 0. The number of ether oxygens (including phenoxy) is 1. The first-order valence-corrected chi connectivity index (χ1v) is 21.9. The van der Waals surface area contributed by atoms with Gasteiger partial charge in [0.25, 0.3) is 0 Å². The summed E-state index contributed by atoms with van der Waals surface area (Å²) < 4.78 is 11.7. The van der Waals surface area contributed by atoms with Crippen LogP contribution in [-0.4, -0.2) is 17.2 Å². The fourth-order valence-corrected chi connectivity index (χ4v) is 14.8. The van der Waals surface area contributed by atoms with Crippen molar-refractivity contribution in [3.05, 3.63) is 218 Å². The van der Waals surface area contributed by atoms with Crippen molar-refractivity contribution in [2.75, 3.05) is 0 Å². The lowest BCUT2D eigenvalue weighted by molar-refractivity contribution is 0.487. The molecule has 0 unspecified atom stereocenters. The van der Waals surface area contributed by atoms with E-state index < -0.39 is 8.07 Å². The average Bonchev–Trinajstić information content (AvgIpc) is 3.82. The standard InChI is InChI=1S/C54H36N2OSi/c1-3-17-37(18-4-1)38-19-15-20-39(35-38)55-46-26-9-8-24-43(46)45-25-16-28-48(54(45)55)56-47-27-10-7-23-42(47)44-34-33-41(36-49(44)56)58(40-21-5-2-6-22-40)52-31-13-11-29-50(52)57-51-30-12-14-32-53(51)58/h1-36H. The van der Waals surface area contributed by atoms with Gasteiger partial charge in [-0.3, -0.25) is 0 Å². The van der Waals surface area contributed by atoms with E-state index in [9.17, 15) is 0 Å². The summed E-state index contributed by atoms with van der Waals surface area (Å²) in [6, 6.07) is 80.0. The SMILES string of the molecule is c1ccc(-c2cccc(-n3c4ccccc4c4cccc(-n5c6ccccc6c6ccc([Si]7(c8ccccc8)c8ccccc8Oc8ccccc87)cc65)c43)c2)cc1. The molecule has 1 aliphatic rings. The maximum Gasteiger partial charge on any atom is 0.188 e. The van der Waals surface area contributed by atoms with Crippen LogP contribution in [0.25, 0.3) is 66.1 Å². The minimum Gasteiger partial charge on any atom is -0.458 e. The minimum absolute atomic E-state index is 0.935. The maximum atomic E-state index is 6.70. The molecule has 0 N–H and O–H groups in total. The lowest BCUT2D eigenvalue weighted by Crippen LogP contribution is -2.76. The molecule has 2 aromatic heterocycles. The van der Waals surface area contributed by atoms with Gasteiger partial charge in [-0.1, -0.05) is 170 Å². The molecule has 0 saturated carbocycles. The molecule has 272 valence electrons. The zero-order valence-corrected chi connectivity index (χ0v) is 32.6. The van der Waals surface area contributed by atoms with Gasteiger partial charge in [-0.25, -0.2) is 0 Å². The quantitative estimate of drug-likeness (QED) is 0.160. The molecule has 3 nitrogen and oxygen atoms in total. The van der Waals surface area contributed by atoms with Gasteiger partial charge in [-0.2, -0.15) is 0 Å². The molecule has 0 bridgehead atoms. The minimum atomic E-state index is -2.89. The van der Waals surface area contributed by atoms with E-state index in [0.717, 1.165) is 22.9 Å². The second-order valence-corrected chi connectivity index (χ2v) is 19.0. The summed E-state index contributed by atoms with van der Waals surface area (Å²) in [5, 5.41) is 10.1. The topological polar surface area (TPSA) is 19.1 Å². The second kappa shape index (κ2) is 12.8. The Bertz CT molecular complexity index is 3330. The van der Waals surface area contributed by atoms with Crippen LogP contribution >= 0.6 is 0 Å². The molecule has 58 heavy (non-hydrogen) atoms. The number of fused-ring (bicyclic) bond motifs is 8. The van der Waals surface area contributed by atoms with Gasteiger partial charge >= 0.3 is 0 Å². The molecule has 3 heterocycles. The maximum absolute atomic E-state index is 6.70. The largest absolute Gasteiger partial charge is 0.458 e. The number of nitrogens with zero attached hydrogens (tertiary/aromatic N) is 2. The van der Waals surface area contributed by atoms with Crippen molar-refractivity contribution >= 4 is 72.4 Å². The lowest BCUT2D eigenvalue weighted by Gasteiger charge is -2.39. The number of aromatic nitrogens is 2. The smallest absolute Gasteiger partial charge is 0.188 e. The normalized spacial score (nSPS) is 13.1. The van der Waals surface area contributed by atoms with Crippen LogP contribution in [0.3, 0.4) is 0 Å². The third-order valence-corrected chi connectivity index (χ3v) is 17.1. The van der Waals surface area contributed by atoms with Crippen molar-refractivity contribution in [1.82, 2.24) is 9.13 Å². The van der Waals surface area contributed by atoms with Gasteiger partial charge in [-0.05, 0) is 80.4 Å². The van der Waals surface area contributed by atoms with E-state index in [4.69, 9.17) is 4.74 Å². The Morgan fingerprint density at radius 2 is 0.897 bits per heavy atom. The van der Waals surface area contributed by atoms with Crippen LogP contribution in [0.15, 0.2) is 218 Å². The molecule has 9 aromatic carbocycles. The molecule has 0 radical (unpaired) electrons. The second-order valence-electron chi connectivity index (χ2n) is 15.2. The first-order chi connectivity index (χ1) is 28.8. The van der Waals surface area contributed by atoms with Gasteiger partial charge in [-0.15, -0.1) is 0 Å². The Balaban J connectivity index is 1.20. The van der Waals surface area contributed by atoms with Crippen molar-refractivity contribution in [1.29, 1.82) is 0 Å². The van der Waals surface area contributed by atoms with Gasteiger partial charge in [0.15, 0.2) is 8.07 Å². The highest BCUT2D eigenvalue weighted by Gasteiger charge is 2.48. The monoisotopic (exact) mass is 756 g/mol. The van der Waals surface area contributed by atoms with E-state index in [2.05, 4.69) is 228 Å². The van der Waals surface area contributed by atoms with Crippen molar-refractivity contribution in [3.8, 4) is 34.0 Å². The highest BCUT2D eigenvalue weighted by atomic mass is 28.3. The fourth-order valence-electron chi connectivity index (χ4n) is 9.84. The molecule has 4 heteroatoms. The van der Waals surface area contributed by atoms with Crippen molar-refractivity contribution < 1.29 is 4.74 Å². The van der Waals surface area contributed by atoms with Crippen molar-refractivity contribution in [2.24, 2.45) is 0 Å². The highest BCUT2D eigenvalue weighted by molar-refractivity contribution is 7.20. The van der Waals surface area contributed by atoms with Gasteiger partial charge < -0.3 is 13.9 Å². The number of benzene rings is 9. The zero-order valence-electron chi connectivity index (χ0n) is 31.6. The third kappa shape index (κ3) is 4.67. The van der Waals surface area contributed by atoms with Crippen LogP contribution in [0.2, 0.25) is 0 Å². The summed E-state index contributed by atoms with van der Waals surface area (Å²) in [4.78, 5) is 0. The molecule has 0 saturated heterocycles. The zero-order chi connectivity index (χ0) is 38.2. The molecule has 12 rings (SSSR count). The van der Waals surface area contributed by atoms with E-state index in [1.54, 1.807) is 0 Å². The first kappa shape index (κ1) is 32.8. The number of para-hydroxylation sites is 5. The number of rotatable bonds is 5. The van der Waals surface area contributed by atoms with Crippen LogP contribution in [0.1, 0.15) is 0 Å². The first-order valence-electron chi connectivity index (χ1n) is 19.9. The average molecular weight is 757 g/mol. The van der Waals surface area contributed by atoms with Gasteiger partial charge in [0.1, 0.15) is 11.5 Å². The molecule has 0 atom stereocenters. The van der Waals surface area contributed by atoms with Gasteiger partial charge in [0.05, 0.1) is 27.8 Å². The molecule has 0 aliphatic carbocycles. The molecule has 0 amide bonds. The van der Waals surface area contributed by atoms with E-state index in [-0.39, 0.29) is 0 Å². The van der Waals surface area contributed by atoms with Gasteiger partial charge in [0.2, 0.25) is 0 Å². The van der Waals surface area contributed by atoms with E-state index in [1.165, 1.54) is 75.5 Å². The molecular formula is C54H36N2OSi. The van der Waals surface area contributed by atoms with Crippen LogP contribution in [-0.2, 0) is 0 Å². The Hall–Kier alpha value is -7.40. The van der Waals surface area contributed by atoms with Crippen LogP contribution in [0, 0.1) is 0 Å². The van der Waals surface area contributed by atoms with Crippen LogP contribution in [0.4, 0.5) is 0 Å². The molecular weight excluding hydrogens is 721 g/mol. The van der Waals surface area contributed by atoms with E-state index in [1.807, 2.05) is 0 Å². The van der Waals surface area contributed by atoms with E-state index >= 15 is 0 Å². The fraction of sp³-hybridized carbons (Fsp3) is 0. The number of hydrogen-bond acceptors (Lipinski definition) is 1. The van der Waals surface area contributed by atoms with Crippen molar-refractivity contribution in [3.63, 3.8) is 0 Å². The Kier molecular flexibility index (Phi) is 7.25. The number of hydrogen-bond donors (Lipinski definition) is 0. The summed E-state index contributed by atoms with van der Waals surface area (Å²) in [5.41, 5.74) is 9.40. The van der Waals surface area contributed by atoms with Crippen LogP contribution < -0.4 is 25.5 Å². The molecule has 0 fully saturated rings.